The van der Waals surface area contributed by atoms with Crippen molar-refractivity contribution in [3.05, 3.63) is 29.8 Å². The minimum atomic E-state index is -0.0245. The molecule has 5 nitrogen and oxygen atoms in total. The Hall–Kier alpha value is -1.59. The summed E-state index contributed by atoms with van der Waals surface area (Å²) in [5.74, 6) is 0.787. The van der Waals surface area contributed by atoms with Gasteiger partial charge in [-0.3, -0.25) is 9.69 Å². The zero-order chi connectivity index (χ0) is 16.8. The maximum atomic E-state index is 12.2. The van der Waals surface area contributed by atoms with Crippen LogP contribution in [0.3, 0.4) is 0 Å². The molecule has 2 heterocycles. The zero-order valence-corrected chi connectivity index (χ0v) is 14.5. The summed E-state index contributed by atoms with van der Waals surface area (Å²) in [7, 11) is 0. The van der Waals surface area contributed by atoms with Crippen molar-refractivity contribution in [3.8, 4) is 5.75 Å². The molecule has 0 unspecified atom stereocenters. The van der Waals surface area contributed by atoms with Gasteiger partial charge in [-0.25, -0.2) is 0 Å². The number of ether oxygens (including phenoxy) is 2. The Labute approximate surface area is 144 Å². The summed E-state index contributed by atoms with van der Waals surface area (Å²) in [5, 5.41) is 3.12. The normalized spacial score (nSPS) is 22.5. The van der Waals surface area contributed by atoms with E-state index in [0.29, 0.717) is 6.04 Å². The number of nitrogens with zero attached hydrogens (tertiary/aromatic N) is 1. The van der Waals surface area contributed by atoms with Crippen LogP contribution in [0, 0.1) is 0 Å². The molecule has 1 amide bonds. The lowest BCUT2D eigenvalue weighted by atomic mass is 10.0. The van der Waals surface area contributed by atoms with E-state index in [2.05, 4.69) is 17.1 Å². The van der Waals surface area contributed by atoms with Crippen LogP contribution in [0.1, 0.15) is 31.7 Å². The lowest BCUT2D eigenvalue weighted by Gasteiger charge is -2.35. The molecule has 5 heteroatoms. The fourth-order valence-corrected chi connectivity index (χ4v) is 3.57. The number of carbonyl (C=O) groups excluding carboxylic acids is 1. The number of aryl methyl sites for hydroxylation is 1. The minimum Gasteiger partial charge on any atom is -0.483 e. The molecule has 24 heavy (non-hydrogen) atoms. The molecule has 3 rings (SSSR count). The first-order chi connectivity index (χ1) is 11.8. The van der Waals surface area contributed by atoms with E-state index < -0.39 is 0 Å². The lowest BCUT2D eigenvalue weighted by molar-refractivity contribution is -0.124. The molecule has 1 atom stereocenters. The second kappa shape index (κ2) is 8.49. The van der Waals surface area contributed by atoms with E-state index in [1.165, 1.54) is 0 Å². The predicted molar refractivity (Wildman–Crippen MR) is 93.3 cm³/mol. The zero-order valence-electron chi connectivity index (χ0n) is 14.5. The van der Waals surface area contributed by atoms with Crippen LogP contribution in [0.2, 0.25) is 0 Å². The Morgan fingerprint density at radius 3 is 2.79 bits per heavy atom. The van der Waals surface area contributed by atoms with Gasteiger partial charge in [0.05, 0.1) is 6.61 Å². The van der Waals surface area contributed by atoms with Gasteiger partial charge in [0.1, 0.15) is 5.75 Å². The molecule has 2 aliphatic rings. The molecular formula is C19H28N2O3. The molecule has 2 saturated heterocycles. The number of carbonyl (C=O) groups is 1. The third-order valence-corrected chi connectivity index (χ3v) is 5.03. The van der Waals surface area contributed by atoms with Crippen LogP contribution in [-0.2, 0) is 16.0 Å². The van der Waals surface area contributed by atoms with E-state index in [-0.39, 0.29) is 18.6 Å². The molecule has 2 aliphatic heterocycles. The number of para-hydroxylation sites is 1. The number of nitrogens with one attached hydrogen (secondary N) is 1. The lowest BCUT2D eigenvalue weighted by Crippen LogP contribution is -2.49. The van der Waals surface area contributed by atoms with E-state index in [0.717, 1.165) is 63.3 Å². The predicted octanol–water partition coefficient (Wildman–Crippen LogP) is 2.00. The number of likely N-dealkylation sites (tertiary alicyclic amines) is 1. The van der Waals surface area contributed by atoms with E-state index in [1.54, 1.807) is 0 Å². The summed E-state index contributed by atoms with van der Waals surface area (Å²) in [5.41, 5.74) is 1.14. The Kier molecular flexibility index (Phi) is 6.10. The van der Waals surface area contributed by atoms with E-state index in [1.807, 2.05) is 24.3 Å². The molecule has 0 spiro atoms. The number of hydrogen-bond donors (Lipinski definition) is 1. The third kappa shape index (κ3) is 4.48. The monoisotopic (exact) mass is 332 g/mol. The number of hydrogen-bond acceptors (Lipinski definition) is 4. The minimum absolute atomic E-state index is 0.0245. The Balaban J connectivity index is 1.39. The summed E-state index contributed by atoms with van der Waals surface area (Å²) in [4.78, 5) is 14.7. The van der Waals surface area contributed by atoms with Crippen molar-refractivity contribution < 1.29 is 14.3 Å². The summed E-state index contributed by atoms with van der Waals surface area (Å²) < 4.78 is 11.2. The van der Waals surface area contributed by atoms with Gasteiger partial charge in [-0.05, 0) is 37.3 Å². The average Bonchev–Trinajstić information content (AvgIpc) is 3.15. The standard InChI is InChI=1S/C19H28N2O3/c1-2-15-5-3-4-6-18(15)24-14-19(22)20-16-7-10-21(11-8-16)17-9-12-23-13-17/h3-6,16-17H,2,7-14H2,1H3,(H,20,22)/t17-/m0/s1. The average molecular weight is 332 g/mol. The topological polar surface area (TPSA) is 50.8 Å². The first kappa shape index (κ1) is 17.2. The summed E-state index contributed by atoms with van der Waals surface area (Å²) in [6.45, 7) is 6.01. The van der Waals surface area contributed by atoms with Gasteiger partial charge in [-0.1, -0.05) is 25.1 Å². The van der Waals surface area contributed by atoms with Gasteiger partial charge in [-0.15, -0.1) is 0 Å². The van der Waals surface area contributed by atoms with Gasteiger partial charge in [0.15, 0.2) is 6.61 Å². The Morgan fingerprint density at radius 2 is 2.08 bits per heavy atom. The molecule has 1 aromatic carbocycles. The molecule has 0 bridgehead atoms. The molecule has 1 aromatic rings. The maximum Gasteiger partial charge on any atom is 0.258 e. The molecular weight excluding hydrogens is 304 g/mol. The van der Waals surface area contributed by atoms with Gasteiger partial charge in [0.25, 0.3) is 5.91 Å². The first-order valence-electron chi connectivity index (χ1n) is 9.08. The SMILES string of the molecule is CCc1ccccc1OCC(=O)NC1CCN([C@H]2CCOC2)CC1. The molecule has 2 fully saturated rings. The van der Waals surface area contributed by atoms with E-state index in [9.17, 15) is 4.79 Å². The largest absolute Gasteiger partial charge is 0.483 e. The first-order valence-corrected chi connectivity index (χ1v) is 9.08. The molecule has 0 radical (unpaired) electrons. The smallest absolute Gasteiger partial charge is 0.258 e. The maximum absolute atomic E-state index is 12.2. The fraction of sp³-hybridized carbons (Fsp3) is 0.632. The highest BCUT2D eigenvalue weighted by atomic mass is 16.5. The van der Waals surface area contributed by atoms with Crippen molar-refractivity contribution in [1.29, 1.82) is 0 Å². The van der Waals surface area contributed by atoms with Crippen LogP contribution >= 0.6 is 0 Å². The summed E-state index contributed by atoms with van der Waals surface area (Å²) in [6, 6.07) is 8.74. The van der Waals surface area contributed by atoms with E-state index in [4.69, 9.17) is 9.47 Å². The molecule has 0 aromatic heterocycles. The van der Waals surface area contributed by atoms with Crippen molar-refractivity contribution in [3.63, 3.8) is 0 Å². The second-order valence-electron chi connectivity index (χ2n) is 6.65. The van der Waals surface area contributed by atoms with Crippen LogP contribution in [0.15, 0.2) is 24.3 Å². The number of benzene rings is 1. The molecule has 0 saturated carbocycles. The van der Waals surface area contributed by atoms with Crippen molar-refractivity contribution in [2.45, 2.75) is 44.7 Å². The van der Waals surface area contributed by atoms with Crippen molar-refractivity contribution in [2.75, 3.05) is 32.9 Å². The summed E-state index contributed by atoms with van der Waals surface area (Å²) in [6.07, 6.45) is 4.06. The number of amides is 1. The second-order valence-corrected chi connectivity index (χ2v) is 6.65. The Morgan fingerprint density at radius 1 is 1.29 bits per heavy atom. The molecule has 1 N–H and O–H groups in total. The van der Waals surface area contributed by atoms with Crippen LogP contribution < -0.4 is 10.1 Å². The van der Waals surface area contributed by atoms with Gasteiger partial charge in [-0.2, -0.15) is 0 Å². The van der Waals surface area contributed by atoms with Crippen LogP contribution in [0.5, 0.6) is 5.75 Å². The quantitative estimate of drug-likeness (QED) is 0.866. The highest BCUT2D eigenvalue weighted by Crippen LogP contribution is 2.19. The molecule has 0 aliphatic carbocycles. The highest BCUT2D eigenvalue weighted by Gasteiger charge is 2.28. The van der Waals surface area contributed by atoms with Gasteiger partial charge in [0.2, 0.25) is 0 Å². The number of rotatable bonds is 6. The highest BCUT2D eigenvalue weighted by molar-refractivity contribution is 5.77. The third-order valence-electron chi connectivity index (χ3n) is 5.03. The van der Waals surface area contributed by atoms with Crippen molar-refractivity contribution in [1.82, 2.24) is 10.2 Å². The van der Waals surface area contributed by atoms with Crippen LogP contribution in [-0.4, -0.2) is 55.8 Å². The van der Waals surface area contributed by atoms with Gasteiger partial charge >= 0.3 is 0 Å². The van der Waals surface area contributed by atoms with Gasteiger partial charge in [0, 0.05) is 31.8 Å². The van der Waals surface area contributed by atoms with Crippen molar-refractivity contribution in [2.24, 2.45) is 0 Å². The summed E-state index contributed by atoms with van der Waals surface area (Å²) >= 11 is 0. The van der Waals surface area contributed by atoms with Crippen LogP contribution in [0.25, 0.3) is 0 Å². The van der Waals surface area contributed by atoms with Gasteiger partial charge < -0.3 is 14.8 Å². The molecule has 132 valence electrons. The Bertz CT molecular complexity index is 535. The fourth-order valence-electron chi connectivity index (χ4n) is 3.57. The van der Waals surface area contributed by atoms with E-state index >= 15 is 0 Å². The van der Waals surface area contributed by atoms with Crippen molar-refractivity contribution >= 4 is 5.91 Å². The van der Waals surface area contributed by atoms with Crippen LogP contribution in [0.4, 0.5) is 0 Å². The number of piperidine rings is 1.